The minimum atomic E-state index is -1.09. The highest BCUT2D eigenvalue weighted by molar-refractivity contribution is 5.93. The fourth-order valence-electron chi connectivity index (χ4n) is 3.13. The number of ether oxygens (including phenoxy) is 1. The maximum atomic E-state index is 10.7. The van der Waals surface area contributed by atoms with E-state index in [4.69, 9.17) is 9.84 Å². The Labute approximate surface area is 138 Å². The summed E-state index contributed by atoms with van der Waals surface area (Å²) in [6.07, 6.45) is 0.922. The third-order valence-corrected chi connectivity index (χ3v) is 4.48. The molecule has 1 aromatic heterocycles. The van der Waals surface area contributed by atoms with Crippen LogP contribution in [0.25, 0.3) is 10.8 Å². The highest BCUT2D eigenvalue weighted by Gasteiger charge is 2.35. The van der Waals surface area contributed by atoms with Gasteiger partial charge in [-0.2, -0.15) is 0 Å². The molecule has 0 saturated carbocycles. The van der Waals surface area contributed by atoms with Crippen molar-refractivity contribution in [1.29, 1.82) is 0 Å². The SMILES string of the molecule is CN1C(O)CCC(n2cc3c(OCC(=O)O)cccc3c2O)C1O. The quantitative estimate of drug-likeness (QED) is 0.650. The first kappa shape index (κ1) is 16.6. The van der Waals surface area contributed by atoms with E-state index in [1.165, 1.54) is 4.90 Å². The van der Waals surface area contributed by atoms with Crippen molar-refractivity contribution in [1.82, 2.24) is 9.47 Å². The van der Waals surface area contributed by atoms with Gasteiger partial charge in [0.25, 0.3) is 0 Å². The van der Waals surface area contributed by atoms with E-state index in [-0.39, 0.29) is 5.88 Å². The fraction of sp³-hybridized carbons (Fsp3) is 0.438. The Bertz CT molecular complexity index is 758. The molecule has 0 amide bonds. The minimum Gasteiger partial charge on any atom is -0.494 e. The molecule has 3 atom stereocenters. The Kier molecular flexibility index (Phi) is 4.35. The molecule has 1 aliphatic heterocycles. The van der Waals surface area contributed by atoms with Crippen molar-refractivity contribution >= 4 is 16.7 Å². The molecular weight excluding hydrogens is 316 g/mol. The van der Waals surface area contributed by atoms with Crippen LogP contribution in [-0.4, -0.2) is 62.0 Å². The second-order valence-corrected chi connectivity index (χ2v) is 5.96. The molecule has 0 radical (unpaired) electrons. The van der Waals surface area contributed by atoms with Crippen LogP contribution in [0, 0.1) is 0 Å². The van der Waals surface area contributed by atoms with Crippen LogP contribution < -0.4 is 4.74 Å². The summed E-state index contributed by atoms with van der Waals surface area (Å²) in [6, 6.07) is 4.56. The van der Waals surface area contributed by atoms with E-state index in [1.54, 1.807) is 36.0 Å². The first-order chi connectivity index (χ1) is 11.4. The van der Waals surface area contributed by atoms with E-state index >= 15 is 0 Å². The molecule has 4 N–H and O–H groups in total. The summed E-state index contributed by atoms with van der Waals surface area (Å²) < 4.78 is 6.81. The highest BCUT2D eigenvalue weighted by atomic mass is 16.5. The number of aliphatic hydroxyl groups is 2. The second kappa shape index (κ2) is 6.31. The summed E-state index contributed by atoms with van der Waals surface area (Å²) in [4.78, 5) is 12.1. The summed E-state index contributed by atoms with van der Waals surface area (Å²) >= 11 is 0. The van der Waals surface area contributed by atoms with Crippen molar-refractivity contribution in [2.24, 2.45) is 0 Å². The van der Waals surface area contributed by atoms with Gasteiger partial charge in [0.1, 0.15) is 18.2 Å². The number of rotatable bonds is 4. The van der Waals surface area contributed by atoms with Crippen LogP contribution in [0.15, 0.2) is 24.4 Å². The van der Waals surface area contributed by atoms with Gasteiger partial charge in [0.2, 0.25) is 0 Å². The second-order valence-electron chi connectivity index (χ2n) is 5.96. The van der Waals surface area contributed by atoms with Crippen LogP contribution in [0.1, 0.15) is 18.9 Å². The minimum absolute atomic E-state index is 0.0281. The Morgan fingerprint density at radius 2 is 2.04 bits per heavy atom. The van der Waals surface area contributed by atoms with E-state index in [2.05, 4.69) is 0 Å². The molecular formula is C16H20N2O6. The average molecular weight is 336 g/mol. The first-order valence-corrected chi connectivity index (χ1v) is 7.65. The monoisotopic (exact) mass is 336 g/mol. The van der Waals surface area contributed by atoms with Gasteiger partial charge < -0.3 is 29.7 Å². The third-order valence-electron chi connectivity index (χ3n) is 4.48. The van der Waals surface area contributed by atoms with Crippen LogP contribution in [0.3, 0.4) is 0 Å². The summed E-state index contributed by atoms with van der Waals surface area (Å²) in [5.74, 6) is -0.767. The van der Waals surface area contributed by atoms with Gasteiger partial charge in [0.15, 0.2) is 12.5 Å². The van der Waals surface area contributed by atoms with Crippen molar-refractivity contribution in [3.8, 4) is 11.6 Å². The van der Waals surface area contributed by atoms with E-state index in [0.29, 0.717) is 29.4 Å². The Morgan fingerprint density at radius 3 is 2.75 bits per heavy atom. The Hall–Kier alpha value is -2.29. The predicted molar refractivity (Wildman–Crippen MR) is 84.8 cm³/mol. The summed E-state index contributed by atoms with van der Waals surface area (Å²) in [5, 5.41) is 40.5. The summed E-state index contributed by atoms with van der Waals surface area (Å²) in [6.45, 7) is -0.480. The zero-order valence-corrected chi connectivity index (χ0v) is 13.2. The lowest BCUT2D eigenvalue weighted by atomic mass is 10.0. The third kappa shape index (κ3) is 2.79. The molecule has 0 aliphatic carbocycles. The largest absolute Gasteiger partial charge is 0.494 e. The van der Waals surface area contributed by atoms with Crippen LogP contribution >= 0.6 is 0 Å². The number of hydrogen-bond acceptors (Lipinski definition) is 6. The normalized spacial score (nSPS) is 25.0. The topological polar surface area (TPSA) is 115 Å². The molecule has 8 nitrogen and oxygen atoms in total. The number of aliphatic carboxylic acids is 1. The number of piperidine rings is 1. The maximum Gasteiger partial charge on any atom is 0.341 e. The molecule has 1 aliphatic rings. The fourth-order valence-corrected chi connectivity index (χ4v) is 3.13. The zero-order valence-electron chi connectivity index (χ0n) is 13.2. The van der Waals surface area contributed by atoms with Gasteiger partial charge in [-0.25, -0.2) is 4.79 Å². The van der Waals surface area contributed by atoms with Crippen molar-refractivity contribution < 1.29 is 30.0 Å². The highest BCUT2D eigenvalue weighted by Crippen LogP contribution is 2.39. The van der Waals surface area contributed by atoms with Gasteiger partial charge in [-0.3, -0.25) is 4.90 Å². The molecule has 3 unspecified atom stereocenters. The van der Waals surface area contributed by atoms with Gasteiger partial charge in [-0.1, -0.05) is 6.07 Å². The van der Waals surface area contributed by atoms with Gasteiger partial charge in [-0.05, 0) is 32.0 Å². The molecule has 2 heterocycles. The van der Waals surface area contributed by atoms with E-state index in [0.717, 1.165) is 0 Å². The summed E-state index contributed by atoms with van der Waals surface area (Å²) in [5.41, 5.74) is 0. The van der Waals surface area contributed by atoms with Crippen LogP contribution in [-0.2, 0) is 4.79 Å². The molecule has 3 rings (SSSR count). The molecule has 0 bridgehead atoms. The number of aromatic nitrogens is 1. The van der Waals surface area contributed by atoms with E-state index < -0.39 is 31.1 Å². The van der Waals surface area contributed by atoms with Crippen LogP contribution in [0.4, 0.5) is 0 Å². The summed E-state index contributed by atoms with van der Waals surface area (Å²) in [7, 11) is 1.61. The number of fused-ring (bicyclic) bond motifs is 1. The molecule has 0 spiro atoms. The van der Waals surface area contributed by atoms with Crippen LogP contribution in [0.2, 0.25) is 0 Å². The van der Waals surface area contributed by atoms with E-state index in [9.17, 15) is 20.1 Å². The molecule has 2 aromatic rings. The van der Waals surface area contributed by atoms with Gasteiger partial charge >= 0.3 is 5.97 Å². The van der Waals surface area contributed by atoms with Gasteiger partial charge in [0, 0.05) is 17.0 Å². The first-order valence-electron chi connectivity index (χ1n) is 7.65. The smallest absolute Gasteiger partial charge is 0.341 e. The standard InChI is InChI=1S/C16H20N2O6/c1-17-13(19)6-5-11(16(17)23)18-7-10-9(15(18)22)3-2-4-12(10)24-8-14(20)21/h2-4,7,11,13,16,19,22-23H,5-6,8H2,1H3,(H,20,21). The predicted octanol–water partition coefficient (Wildman–Crippen LogP) is 0.714. The molecule has 1 saturated heterocycles. The van der Waals surface area contributed by atoms with E-state index in [1.807, 2.05) is 0 Å². The molecule has 24 heavy (non-hydrogen) atoms. The number of aliphatic hydroxyl groups excluding tert-OH is 2. The number of likely N-dealkylation sites (tertiary alicyclic amines) is 1. The Morgan fingerprint density at radius 1 is 1.29 bits per heavy atom. The lowest BCUT2D eigenvalue weighted by Crippen LogP contribution is -2.49. The van der Waals surface area contributed by atoms with Gasteiger partial charge in [0.05, 0.1) is 6.04 Å². The number of benzene rings is 1. The number of aromatic hydroxyl groups is 1. The van der Waals surface area contributed by atoms with Crippen molar-refractivity contribution in [3.63, 3.8) is 0 Å². The van der Waals surface area contributed by atoms with Crippen LogP contribution in [0.5, 0.6) is 11.6 Å². The average Bonchev–Trinajstić information content (AvgIpc) is 2.88. The number of nitrogens with zero attached hydrogens (tertiary/aromatic N) is 2. The maximum absolute atomic E-state index is 10.7. The Balaban J connectivity index is 1.99. The number of carboxylic acid groups (broad SMARTS) is 1. The number of carbonyl (C=O) groups is 1. The molecule has 130 valence electrons. The van der Waals surface area contributed by atoms with Crippen molar-refractivity contribution in [2.45, 2.75) is 31.3 Å². The van der Waals surface area contributed by atoms with Crippen molar-refractivity contribution in [3.05, 3.63) is 24.4 Å². The molecule has 8 heteroatoms. The number of hydrogen-bond donors (Lipinski definition) is 4. The lowest BCUT2D eigenvalue weighted by Gasteiger charge is -2.39. The van der Waals surface area contributed by atoms with Gasteiger partial charge in [-0.15, -0.1) is 0 Å². The van der Waals surface area contributed by atoms with Crippen molar-refractivity contribution in [2.75, 3.05) is 13.7 Å². The lowest BCUT2D eigenvalue weighted by molar-refractivity contribution is -0.139. The molecule has 1 fully saturated rings. The number of likely N-dealkylation sites (N-methyl/N-ethyl adjacent to an activating group) is 1. The molecule has 1 aromatic carbocycles. The zero-order chi connectivity index (χ0) is 17.4. The number of carboxylic acids is 1.